The first-order valence-electron chi connectivity index (χ1n) is 4.86. The van der Waals surface area contributed by atoms with Crippen molar-refractivity contribution in [3.05, 3.63) is 22.4 Å². The van der Waals surface area contributed by atoms with Crippen molar-refractivity contribution in [3.63, 3.8) is 0 Å². The van der Waals surface area contributed by atoms with Crippen molar-refractivity contribution in [2.75, 3.05) is 6.54 Å². The molecule has 1 unspecified atom stereocenters. The highest BCUT2D eigenvalue weighted by molar-refractivity contribution is 7.90. The van der Waals surface area contributed by atoms with Crippen LogP contribution in [0.1, 0.15) is 31.7 Å². The Morgan fingerprint density at radius 3 is 2.67 bits per heavy atom. The second kappa shape index (κ2) is 5.32. The number of hydrogen-bond donors (Lipinski definition) is 2. The molecule has 1 heterocycles. The molecule has 0 bridgehead atoms. The average Bonchev–Trinajstić information content (AvgIpc) is 2.64. The molecule has 0 saturated carbocycles. The van der Waals surface area contributed by atoms with Gasteiger partial charge in [0, 0.05) is 22.8 Å². The predicted molar refractivity (Wildman–Crippen MR) is 67.1 cm³/mol. The second-order valence-corrected chi connectivity index (χ2v) is 7.28. The van der Waals surface area contributed by atoms with Crippen molar-refractivity contribution in [1.82, 2.24) is 4.72 Å². The molecule has 15 heavy (non-hydrogen) atoms. The van der Waals surface area contributed by atoms with Crippen molar-refractivity contribution in [2.24, 2.45) is 5.73 Å². The van der Waals surface area contributed by atoms with Crippen molar-refractivity contribution in [3.8, 4) is 0 Å². The van der Waals surface area contributed by atoms with Gasteiger partial charge < -0.3 is 10.3 Å². The quantitative estimate of drug-likeness (QED) is 0.796. The van der Waals surface area contributed by atoms with Crippen molar-refractivity contribution in [2.45, 2.75) is 31.6 Å². The Morgan fingerprint density at radius 1 is 1.60 bits per heavy atom. The van der Waals surface area contributed by atoms with Crippen LogP contribution in [0.25, 0.3) is 0 Å². The molecule has 0 saturated heterocycles. The molecule has 0 amide bonds. The lowest BCUT2D eigenvalue weighted by Gasteiger charge is -2.26. The lowest BCUT2D eigenvalue weighted by molar-refractivity contribution is 0.526. The minimum atomic E-state index is -1.08. The van der Waals surface area contributed by atoms with Gasteiger partial charge in [-0.1, -0.05) is 6.07 Å². The Labute approximate surface area is 98.4 Å². The highest BCUT2D eigenvalue weighted by Crippen LogP contribution is 2.22. The molecule has 2 atom stereocenters. The van der Waals surface area contributed by atoms with Crippen molar-refractivity contribution in [1.29, 1.82) is 0 Å². The Balaban J connectivity index is 2.63. The maximum absolute atomic E-state index is 11.9. The summed E-state index contributed by atoms with van der Waals surface area (Å²) in [5.41, 5.74) is 5.67. The van der Waals surface area contributed by atoms with Crippen LogP contribution in [-0.2, 0) is 11.4 Å². The first kappa shape index (κ1) is 13.0. The average molecular weight is 246 g/mol. The van der Waals surface area contributed by atoms with E-state index in [9.17, 15) is 4.55 Å². The number of thiophene rings is 1. The van der Waals surface area contributed by atoms with Crippen molar-refractivity contribution < 1.29 is 4.55 Å². The summed E-state index contributed by atoms with van der Waals surface area (Å²) in [6, 6.07) is 3.98. The van der Waals surface area contributed by atoms with Crippen LogP contribution >= 0.6 is 11.3 Å². The zero-order valence-corrected chi connectivity index (χ0v) is 11.0. The van der Waals surface area contributed by atoms with E-state index in [1.165, 1.54) is 0 Å². The fourth-order valence-corrected chi connectivity index (χ4v) is 2.72. The van der Waals surface area contributed by atoms with Crippen LogP contribution in [0.15, 0.2) is 17.5 Å². The molecular formula is C10H18N2OS2. The predicted octanol–water partition coefficient (Wildman–Crippen LogP) is 1.80. The van der Waals surface area contributed by atoms with Crippen LogP contribution in [0.2, 0.25) is 0 Å². The van der Waals surface area contributed by atoms with Gasteiger partial charge in [-0.3, -0.25) is 0 Å². The summed E-state index contributed by atoms with van der Waals surface area (Å²) >= 11 is 0.556. The number of nitrogens with two attached hydrogens (primary N) is 1. The van der Waals surface area contributed by atoms with E-state index < -0.39 is 11.4 Å². The summed E-state index contributed by atoms with van der Waals surface area (Å²) in [7, 11) is 0. The topological polar surface area (TPSA) is 61.1 Å². The molecule has 1 aromatic rings. The zero-order valence-electron chi connectivity index (χ0n) is 9.32. The molecule has 0 aliphatic rings. The van der Waals surface area contributed by atoms with E-state index in [0.29, 0.717) is 6.54 Å². The molecule has 0 spiro atoms. The molecule has 1 aromatic heterocycles. The Bertz CT molecular complexity index is 282. The summed E-state index contributed by atoms with van der Waals surface area (Å²) in [6.45, 7) is 6.29. The third-order valence-corrected chi connectivity index (χ3v) is 4.52. The summed E-state index contributed by atoms with van der Waals surface area (Å²) in [5.74, 6) is 0. The van der Waals surface area contributed by atoms with E-state index in [1.54, 1.807) is 11.3 Å². The van der Waals surface area contributed by atoms with Gasteiger partial charge in [0.25, 0.3) is 0 Å². The van der Waals surface area contributed by atoms with Gasteiger partial charge in [0.1, 0.15) is 4.75 Å². The van der Waals surface area contributed by atoms with E-state index in [4.69, 9.17) is 5.73 Å². The maximum Gasteiger partial charge on any atom is 0.136 e. The smallest absolute Gasteiger partial charge is 0.136 e. The highest BCUT2D eigenvalue weighted by atomic mass is 32.2. The van der Waals surface area contributed by atoms with E-state index >= 15 is 0 Å². The Morgan fingerprint density at radius 2 is 2.27 bits per heavy atom. The summed E-state index contributed by atoms with van der Waals surface area (Å²) < 4.78 is 14.7. The second-order valence-electron chi connectivity index (χ2n) is 4.30. The number of nitrogens with one attached hydrogen (secondary N) is 1. The molecule has 0 radical (unpaired) electrons. The first-order chi connectivity index (χ1) is 6.95. The van der Waals surface area contributed by atoms with Gasteiger partial charge in [0.15, 0.2) is 0 Å². The number of hydrogen-bond acceptors (Lipinski definition) is 4. The van der Waals surface area contributed by atoms with Gasteiger partial charge >= 0.3 is 0 Å². The molecule has 5 heteroatoms. The summed E-state index contributed by atoms with van der Waals surface area (Å²) in [5, 5.41) is 2.00. The van der Waals surface area contributed by atoms with Crippen LogP contribution in [0.3, 0.4) is 0 Å². The third kappa shape index (κ3) is 3.77. The third-order valence-electron chi connectivity index (χ3n) is 1.93. The normalized spacial score (nSPS) is 16.3. The highest BCUT2D eigenvalue weighted by Gasteiger charge is 2.29. The fraction of sp³-hybridized carbons (Fsp3) is 0.600. The first-order valence-corrected chi connectivity index (χ1v) is 6.89. The summed E-state index contributed by atoms with van der Waals surface area (Å²) in [4.78, 5) is 1.13. The van der Waals surface area contributed by atoms with Crippen LogP contribution in [0, 0.1) is 0 Å². The van der Waals surface area contributed by atoms with Gasteiger partial charge in [0.2, 0.25) is 0 Å². The fourth-order valence-electron chi connectivity index (χ4n) is 1.02. The summed E-state index contributed by atoms with van der Waals surface area (Å²) in [6.07, 6.45) is 0. The van der Waals surface area contributed by atoms with Crippen LogP contribution in [0.4, 0.5) is 0 Å². The van der Waals surface area contributed by atoms with Gasteiger partial charge in [-0.2, -0.15) is 0 Å². The van der Waals surface area contributed by atoms with E-state index in [2.05, 4.69) is 4.72 Å². The minimum Gasteiger partial charge on any atom is -0.598 e. The SMILES string of the molecule is CC(C)(C)[S@+]([O-])NC(CN)c1cccs1. The lowest BCUT2D eigenvalue weighted by atomic mass is 10.2. The molecule has 0 aliphatic heterocycles. The van der Waals surface area contributed by atoms with E-state index in [0.717, 1.165) is 4.88 Å². The molecule has 0 fully saturated rings. The van der Waals surface area contributed by atoms with Crippen LogP contribution in [0.5, 0.6) is 0 Å². The number of rotatable bonds is 4. The molecule has 0 aromatic carbocycles. The standard InChI is InChI=1S/C10H18N2OS2/c1-10(2,3)15(13)12-8(7-11)9-5-4-6-14-9/h4-6,8,12H,7,11H2,1-3H3/t8?,15-/m0/s1. The monoisotopic (exact) mass is 246 g/mol. The molecule has 0 aliphatic carbocycles. The van der Waals surface area contributed by atoms with Gasteiger partial charge in [-0.05, 0) is 32.2 Å². The Hall–Kier alpha value is -0.0700. The van der Waals surface area contributed by atoms with Crippen LogP contribution < -0.4 is 10.5 Å². The molecule has 3 nitrogen and oxygen atoms in total. The van der Waals surface area contributed by atoms with E-state index in [-0.39, 0.29) is 10.8 Å². The molecule has 3 N–H and O–H groups in total. The maximum atomic E-state index is 11.9. The van der Waals surface area contributed by atoms with Crippen molar-refractivity contribution >= 4 is 22.7 Å². The zero-order chi connectivity index (χ0) is 11.5. The van der Waals surface area contributed by atoms with Gasteiger partial charge in [0.05, 0.1) is 6.04 Å². The van der Waals surface area contributed by atoms with Gasteiger partial charge in [-0.15, -0.1) is 16.1 Å². The lowest BCUT2D eigenvalue weighted by Crippen LogP contribution is -2.43. The largest absolute Gasteiger partial charge is 0.598 e. The molecule has 86 valence electrons. The van der Waals surface area contributed by atoms with E-state index in [1.807, 2.05) is 38.3 Å². The Kier molecular flexibility index (Phi) is 4.61. The van der Waals surface area contributed by atoms with Gasteiger partial charge in [-0.25, -0.2) is 0 Å². The minimum absolute atomic E-state index is 0.00921. The molecule has 1 rings (SSSR count). The molecular weight excluding hydrogens is 228 g/mol. The van der Waals surface area contributed by atoms with Crippen LogP contribution in [-0.4, -0.2) is 15.8 Å².